The summed E-state index contributed by atoms with van der Waals surface area (Å²) in [7, 11) is 0. The van der Waals surface area contributed by atoms with Crippen LogP contribution in [0.15, 0.2) is 42.7 Å². The van der Waals surface area contributed by atoms with E-state index in [-0.39, 0.29) is 40.9 Å². The summed E-state index contributed by atoms with van der Waals surface area (Å²) >= 11 is 5.91. The number of phenols is 1. The molecule has 0 aliphatic rings. The molecular formula is C20H15ClF2N6O2. The van der Waals surface area contributed by atoms with E-state index >= 15 is 0 Å². The fraction of sp³-hybridized carbons (Fsp3) is 0.100. The van der Waals surface area contributed by atoms with Gasteiger partial charge in [-0.15, -0.1) is 0 Å². The molecule has 0 radical (unpaired) electrons. The quantitative estimate of drug-likeness (QED) is 0.435. The molecule has 0 saturated carbocycles. The van der Waals surface area contributed by atoms with Gasteiger partial charge in [-0.3, -0.25) is 4.79 Å². The minimum atomic E-state index is -0.642. The highest BCUT2D eigenvalue weighted by Crippen LogP contribution is 2.32. The van der Waals surface area contributed by atoms with E-state index in [4.69, 9.17) is 17.3 Å². The summed E-state index contributed by atoms with van der Waals surface area (Å²) in [5.74, 6) is -1.80. The molecule has 4 rings (SSSR count). The Hall–Kier alpha value is -3.79. The number of anilines is 1. The summed E-state index contributed by atoms with van der Waals surface area (Å²) in [6, 6.07) is 7.01. The SMILES string of the molecule is Nc1ncnc2c1c(-c1cc(O)cc(F)c1)nn2CCNC(=O)c1ccc(F)cc1Cl. The zero-order chi connectivity index (χ0) is 22.1. The van der Waals surface area contributed by atoms with Crippen molar-refractivity contribution in [3.8, 4) is 17.0 Å². The highest BCUT2D eigenvalue weighted by atomic mass is 35.5. The first-order valence-electron chi connectivity index (χ1n) is 9.03. The summed E-state index contributed by atoms with van der Waals surface area (Å²) in [5, 5.41) is 17.2. The lowest BCUT2D eigenvalue weighted by Crippen LogP contribution is -2.27. The van der Waals surface area contributed by atoms with E-state index in [0.29, 0.717) is 16.6 Å². The van der Waals surface area contributed by atoms with Crippen molar-refractivity contribution in [2.24, 2.45) is 0 Å². The first-order chi connectivity index (χ1) is 14.8. The van der Waals surface area contributed by atoms with Crippen molar-refractivity contribution in [1.29, 1.82) is 0 Å². The number of aromatic nitrogens is 4. The molecular weight excluding hydrogens is 430 g/mol. The van der Waals surface area contributed by atoms with E-state index in [0.717, 1.165) is 18.2 Å². The van der Waals surface area contributed by atoms with Crippen LogP contribution in [0, 0.1) is 11.6 Å². The van der Waals surface area contributed by atoms with Crippen LogP contribution in [0.3, 0.4) is 0 Å². The van der Waals surface area contributed by atoms with Crippen LogP contribution >= 0.6 is 11.6 Å². The number of aromatic hydroxyl groups is 1. The van der Waals surface area contributed by atoms with Crippen molar-refractivity contribution in [2.45, 2.75) is 6.54 Å². The van der Waals surface area contributed by atoms with Gasteiger partial charge in [0, 0.05) is 18.2 Å². The number of benzene rings is 2. The molecule has 8 nitrogen and oxygen atoms in total. The Kier molecular flexibility index (Phi) is 5.38. The number of nitrogen functional groups attached to an aromatic ring is 1. The van der Waals surface area contributed by atoms with Crippen LogP contribution in [0.25, 0.3) is 22.3 Å². The predicted octanol–water partition coefficient (Wildman–Crippen LogP) is 3.14. The molecule has 4 aromatic rings. The number of nitrogens with zero attached hydrogens (tertiary/aromatic N) is 4. The summed E-state index contributed by atoms with van der Waals surface area (Å²) in [5.41, 5.74) is 7.08. The molecule has 0 aliphatic carbocycles. The Labute approximate surface area is 179 Å². The normalized spacial score (nSPS) is 11.1. The second-order valence-electron chi connectivity index (χ2n) is 6.61. The number of halogens is 3. The van der Waals surface area contributed by atoms with Crippen molar-refractivity contribution in [3.05, 3.63) is 64.9 Å². The molecule has 2 aromatic carbocycles. The smallest absolute Gasteiger partial charge is 0.252 e. The second-order valence-corrected chi connectivity index (χ2v) is 7.01. The monoisotopic (exact) mass is 444 g/mol. The average Bonchev–Trinajstić information content (AvgIpc) is 3.07. The zero-order valence-electron chi connectivity index (χ0n) is 15.8. The Morgan fingerprint density at radius 3 is 2.71 bits per heavy atom. The van der Waals surface area contributed by atoms with Crippen LogP contribution in [-0.4, -0.2) is 37.3 Å². The molecule has 2 aromatic heterocycles. The summed E-state index contributed by atoms with van der Waals surface area (Å²) < 4.78 is 28.4. The van der Waals surface area contributed by atoms with Crippen molar-refractivity contribution < 1.29 is 18.7 Å². The van der Waals surface area contributed by atoms with Crippen molar-refractivity contribution in [2.75, 3.05) is 12.3 Å². The number of phenolic OH excluding ortho intramolecular Hbond substituents is 1. The molecule has 0 atom stereocenters. The third-order valence-corrected chi connectivity index (χ3v) is 4.81. The van der Waals surface area contributed by atoms with Gasteiger partial charge in [0.25, 0.3) is 5.91 Å². The van der Waals surface area contributed by atoms with E-state index < -0.39 is 17.5 Å². The van der Waals surface area contributed by atoms with Gasteiger partial charge in [-0.2, -0.15) is 5.10 Å². The molecule has 0 saturated heterocycles. The molecule has 31 heavy (non-hydrogen) atoms. The lowest BCUT2D eigenvalue weighted by molar-refractivity contribution is 0.0952. The van der Waals surface area contributed by atoms with Crippen LogP contribution in [0.5, 0.6) is 5.75 Å². The van der Waals surface area contributed by atoms with Gasteiger partial charge in [0.2, 0.25) is 0 Å². The molecule has 0 bridgehead atoms. The van der Waals surface area contributed by atoms with Gasteiger partial charge < -0.3 is 16.2 Å². The second kappa shape index (κ2) is 8.15. The fourth-order valence-electron chi connectivity index (χ4n) is 3.14. The van der Waals surface area contributed by atoms with Crippen molar-refractivity contribution >= 4 is 34.4 Å². The van der Waals surface area contributed by atoms with E-state index in [1.165, 1.54) is 29.2 Å². The first kappa shape index (κ1) is 20.5. The Balaban J connectivity index is 1.61. The molecule has 0 spiro atoms. The maximum absolute atomic E-state index is 13.8. The number of amides is 1. The van der Waals surface area contributed by atoms with Crippen LogP contribution < -0.4 is 11.1 Å². The summed E-state index contributed by atoms with van der Waals surface area (Å²) in [4.78, 5) is 20.5. The third-order valence-electron chi connectivity index (χ3n) is 4.50. The average molecular weight is 445 g/mol. The standard InChI is InChI=1S/C20H15ClF2N6O2/c21-15-8-11(22)1-2-14(15)20(31)25-3-4-29-19-16(18(24)26-9-27-19)17(28-29)10-5-12(23)7-13(30)6-10/h1-2,5-9,30H,3-4H2,(H,25,31)(H2,24,26,27). The van der Waals surface area contributed by atoms with Gasteiger partial charge in [0.15, 0.2) is 5.65 Å². The molecule has 2 heterocycles. The number of nitrogens with two attached hydrogens (primary N) is 1. The van der Waals surface area contributed by atoms with Gasteiger partial charge in [-0.05, 0) is 30.3 Å². The van der Waals surface area contributed by atoms with Gasteiger partial charge in [0.05, 0.1) is 22.5 Å². The number of fused-ring (bicyclic) bond motifs is 1. The first-order valence-corrected chi connectivity index (χ1v) is 9.41. The molecule has 0 aliphatic heterocycles. The minimum Gasteiger partial charge on any atom is -0.508 e. The van der Waals surface area contributed by atoms with E-state index in [1.807, 2.05) is 0 Å². The van der Waals surface area contributed by atoms with E-state index in [9.17, 15) is 18.7 Å². The van der Waals surface area contributed by atoms with Crippen molar-refractivity contribution in [1.82, 2.24) is 25.1 Å². The van der Waals surface area contributed by atoms with Gasteiger partial charge in [-0.1, -0.05) is 11.6 Å². The van der Waals surface area contributed by atoms with Gasteiger partial charge in [-0.25, -0.2) is 23.4 Å². The molecule has 0 unspecified atom stereocenters. The molecule has 11 heteroatoms. The zero-order valence-corrected chi connectivity index (χ0v) is 16.6. The molecule has 4 N–H and O–H groups in total. The Morgan fingerprint density at radius 2 is 1.97 bits per heavy atom. The maximum atomic E-state index is 13.8. The number of carbonyl (C=O) groups excluding carboxylic acids is 1. The maximum Gasteiger partial charge on any atom is 0.252 e. The summed E-state index contributed by atoms with van der Waals surface area (Å²) in [6.07, 6.45) is 1.26. The number of nitrogens with one attached hydrogen (secondary N) is 1. The predicted molar refractivity (Wildman–Crippen MR) is 111 cm³/mol. The van der Waals surface area contributed by atoms with Crippen LogP contribution in [0.1, 0.15) is 10.4 Å². The lowest BCUT2D eigenvalue weighted by Gasteiger charge is -2.07. The topological polar surface area (TPSA) is 119 Å². The summed E-state index contributed by atoms with van der Waals surface area (Å²) in [6.45, 7) is 0.333. The van der Waals surface area contributed by atoms with E-state index in [1.54, 1.807) is 0 Å². The molecule has 158 valence electrons. The van der Waals surface area contributed by atoms with Crippen LogP contribution in [-0.2, 0) is 6.54 Å². The molecule has 1 amide bonds. The lowest BCUT2D eigenvalue weighted by atomic mass is 10.1. The minimum absolute atomic E-state index is 0.00393. The number of carbonyl (C=O) groups is 1. The van der Waals surface area contributed by atoms with E-state index in [2.05, 4.69) is 20.4 Å². The highest BCUT2D eigenvalue weighted by molar-refractivity contribution is 6.33. The van der Waals surface area contributed by atoms with Gasteiger partial charge in [0.1, 0.15) is 35.2 Å². The van der Waals surface area contributed by atoms with Crippen LogP contribution in [0.2, 0.25) is 5.02 Å². The van der Waals surface area contributed by atoms with Crippen molar-refractivity contribution in [3.63, 3.8) is 0 Å². The largest absolute Gasteiger partial charge is 0.508 e. The Morgan fingerprint density at radius 1 is 1.16 bits per heavy atom. The fourth-order valence-corrected chi connectivity index (χ4v) is 3.40. The highest BCUT2D eigenvalue weighted by Gasteiger charge is 2.18. The third kappa shape index (κ3) is 4.10. The van der Waals surface area contributed by atoms with Gasteiger partial charge >= 0.3 is 0 Å². The number of hydrogen-bond acceptors (Lipinski definition) is 6. The Bertz CT molecular complexity index is 1290. The molecule has 0 fully saturated rings. The number of hydrogen-bond donors (Lipinski definition) is 3. The van der Waals surface area contributed by atoms with Crippen LogP contribution in [0.4, 0.5) is 14.6 Å². The number of rotatable bonds is 5.